The van der Waals surface area contributed by atoms with Crippen molar-refractivity contribution in [3.05, 3.63) is 0 Å². The second-order valence-electron chi connectivity index (χ2n) is 8.13. The molecule has 5 atom stereocenters. The smallest absolute Gasteiger partial charge is 0.0863 e. The van der Waals surface area contributed by atoms with Crippen LogP contribution in [-0.4, -0.2) is 17.0 Å². The standard InChI is InChI=1S/C18H31BrO/c1-4-13-6-5-7-16(10-13)20-18(12-19)15-9-8-14(11-15)17(18,2)3/h13-16H,4-12H2,1-3H3. The van der Waals surface area contributed by atoms with Crippen molar-refractivity contribution in [2.24, 2.45) is 23.2 Å². The van der Waals surface area contributed by atoms with E-state index in [1.165, 1.54) is 51.4 Å². The maximum atomic E-state index is 6.92. The molecule has 3 fully saturated rings. The number of halogens is 1. The third kappa shape index (κ3) is 2.20. The Labute approximate surface area is 133 Å². The first-order valence-electron chi connectivity index (χ1n) is 8.77. The number of ether oxygens (including phenoxy) is 1. The molecule has 0 aliphatic heterocycles. The zero-order valence-corrected chi connectivity index (χ0v) is 15.0. The van der Waals surface area contributed by atoms with E-state index in [4.69, 9.17) is 4.74 Å². The third-order valence-corrected chi connectivity index (χ3v) is 7.92. The molecule has 116 valence electrons. The summed E-state index contributed by atoms with van der Waals surface area (Å²) in [4.78, 5) is 0. The minimum Gasteiger partial charge on any atom is -0.370 e. The van der Waals surface area contributed by atoms with Gasteiger partial charge in [0.05, 0.1) is 11.7 Å². The number of fused-ring (bicyclic) bond motifs is 2. The first-order valence-corrected chi connectivity index (χ1v) is 9.89. The summed E-state index contributed by atoms with van der Waals surface area (Å²) in [7, 11) is 0. The fraction of sp³-hybridized carbons (Fsp3) is 1.00. The van der Waals surface area contributed by atoms with Crippen molar-refractivity contribution in [3.63, 3.8) is 0 Å². The molecule has 3 aliphatic carbocycles. The average Bonchev–Trinajstić information content (AvgIpc) is 3.01. The molecule has 0 N–H and O–H groups in total. The Kier molecular flexibility index (Phi) is 4.27. The predicted octanol–water partition coefficient (Wildman–Crippen LogP) is 5.56. The largest absolute Gasteiger partial charge is 0.370 e. The Balaban J connectivity index is 1.76. The van der Waals surface area contributed by atoms with E-state index in [1.54, 1.807) is 0 Å². The van der Waals surface area contributed by atoms with Crippen molar-refractivity contribution in [3.8, 4) is 0 Å². The van der Waals surface area contributed by atoms with Crippen LogP contribution < -0.4 is 0 Å². The molecule has 0 radical (unpaired) electrons. The summed E-state index contributed by atoms with van der Waals surface area (Å²) in [5.74, 6) is 2.59. The zero-order valence-electron chi connectivity index (χ0n) is 13.5. The Bertz CT molecular complexity index is 353. The molecule has 0 aromatic heterocycles. The van der Waals surface area contributed by atoms with Gasteiger partial charge in [-0.25, -0.2) is 0 Å². The molecule has 2 heteroatoms. The SMILES string of the molecule is CCC1CCCC(OC2(CBr)C3CCC(C3)C2(C)C)C1. The van der Waals surface area contributed by atoms with Gasteiger partial charge in [-0.1, -0.05) is 56.0 Å². The minimum absolute atomic E-state index is 0.107. The van der Waals surface area contributed by atoms with E-state index in [2.05, 4.69) is 36.7 Å². The Hall–Kier alpha value is 0.440. The highest BCUT2D eigenvalue weighted by molar-refractivity contribution is 9.09. The lowest BCUT2D eigenvalue weighted by molar-refractivity contribution is -0.179. The van der Waals surface area contributed by atoms with Gasteiger partial charge in [-0.15, -0.1) is 0 Å². The van der Waals surface area contributed by atoms with Crippen LogP contribution in [0.25, 0.3) is 0 Å². The van der Waals surface area contributed by atoms with Gasteiger partial charge >= 0.3 is 0 Å². The van der Waals surface area contributed by atoms with Crippen molar-refractivity contribution in [1.29, 1.82) is 0 Å². The van der Waals surface area contributed by atoms with Crippen LogP contribution in [0, 0.1) is 23.2 Å². The summed E-state index contributed by atoms with van der Waals surface area (Å²) < 4.78 is 6.92. The van der Waals surface area contributed by atoms with Gasteiger partial charge in [0.2, 0.25) is 0 Å². The van der Waals surface area contributed by atoms with Crippen molar-refractivity contribution in [2.75, 3.05) is 5.33 Å². The number of alkyl halides is 1. The maximum Gasteiger partial charge on any atom is 0.0863 e. The highest BCUT2D eigenvalue weighted by atomic mass is 79.9. The lowest BCUT2D eigenvalue weighted by atomic mass is 9.66. The normalized spacial score (nSPS) is 46.8. The molecule has 3 saturated carbocycles. The monoisotopic (exact) mass is 342 g/mol. The lowest BCUT2D eigenvalue weighted by Crippen LogP contribution is -2.55. The van der Waals surface area contributed by atoms with Crippen molar-refractivity contribution < 1.29 is 4.74 Å². The van der Waals surface area contributed by atoms with Gasteiger partial charge in [0.25, 0.3) is 0 Å². The molecular weight excluding hydrogens is 312 g/mol. The fourth-order valence-corrected chi connectivity index (χ4v) is 6.82. The molecule has 0 amide bonds. The van der Waals surface area contributed by atoms with E-state index in [0.717, 1.165) is 23.1 Å². The predicted molar refractivity (Wildman–Crippen MR) is 88.3 cm³/mol. The molecule has 0 spiro atoms. The highest BCUT2D eigenvalue weighted by Crippen LogP contribution is 2.64. The van der Waals surface area contributed by atoms with Crippen LogP contribution in [0.5, 0.6) is 0 Å². The lowest BCUT2D eigenvalue weighted by Gasteiger charge is -2.51. The number of hydrogen-bond acceptors (Lipinski definition) is 1. The van der Waals surface area contributed by atoms with Crippen LogP contribution in [0.1, 0.15) is 72.1 Å². The van der Waals surface area contributed by atoms with Gasteiger partial charge in [-0.2, -0.15) is 0 Å². The molecule has 3 rings (SSSR count). The fourth-order valence-electron chi connectivity index (χ4n) is 5.51. The van der Waals surface area contributed by atoms with Gasteiger partial charge in [0, 0.05) is 5.33 Å². The summed E-state index contributed by atoms with van der Waals surface area (Å²) in [6, 6.07) is 0. The summed E-state index contributed by atoms with van der Waals surface area (Å²) in [6.07, 6.45) is 11.5. The maximum absolute atomic E-state index is 6.92. The molecule has 0 aromatic carbocycles. The molecule has 0 saturated heterocycles. The number of rotatable bonds is 4. The van der Waals surface area contributed by atoms with Crippen molar-refractivity contribution in [1.82, 2.24) is 0 Å². The van der Waals surface area contributed by atoms with Gasteiger partial charge in [-0.3, -0.25) is 0 Å². The van der Waals surface area contributed by atoms with E-state index in [-0.39, 0.29) is 5.60 Å². The van der Waals surface area contributed by atoms with Crippen LogP contribution in [0.2, 0.25) is 0 Å². The second-order valence-corrected chi connectivity index (χ2v) is 8.69. The summed E-state index contributed by atoms with van der Waals surface area (Å²) in [5, 5.41) is 1.03. The summed E-state index contributed by atoms with van der Waals surface area (Å²) >= 11 is 3.84. The van der Waals surface area contributed by atoms with E-state index in [0.29, 0.717) is 11.5 Å². The Morgan fingerprint density at radius 2 is 1.80 bits per heavy atom. The topological polar surface area (TPSA) is 9.23 Å². The Morgan fingerprint density at radius 3 is 2.40 bits per heavy atom. The average molecular weight is 343 g/mol. The molecule has 1 nitrogen and oxygen atoms in total. The van der Waals surface area contributed by atoms with E-state index >= 15 is 0 Å². The summed E-state index contributed by atoms with van der Waals surface area (Å²) in [6.45, 7) is 7.28. The van der Waals surface area contributed by atoms with E-state index in [1.807, 2.05) is 0 Å². The molecule has 5 unspecified atom stereocenters. The van der Waals surface area contributed by atoms with E-state index in [9.17, 15) is 0 Å². The van der Waals surface area contributed by atoms with Gasteiger partial charge in [-0.05, 0) is 55.3 Å². The van der Waals surface area contributed by atoms with Crippen molar-refractivity contribution >= 4 is 15.9 Å². The van der Waals surface area contributed by atoms with Crippen molar-refractivity contribution in [2.45, 2.75) is 83.8 Å². The summed E-state index contributed by atoms with van der Waals surface area (Å²) in [5.41, 5.74) is 0.453. The first kappa shape index (κ1) is 15.3. The first-order chi connectivity index (χ1) is 9.53. The second kappa shape index (κ2) is 5.57. The van der Waals surface area contributed by atoms with Crippen LogP contribution >= 0.6 is 15.9 Å². The van der Waals surface area contributed by atoms with Gasteiger partial charge in [0.1, 0.15) is 0 Å². The van der Waals surface area contributed by atoms with Crippen LogP contribution in [-0.2, 0) is 4.74 Å². The molecule has 20 heavy (non-hydrogen) atoms. The molecule has 0 aromatic rings. The highest BCUT2D eigenvalue weighted by Gasteiger charge is 2.63. The quantitative estimate of drug-likeness (QED) is 0.607. The van der Waals surface area contributed by atoms with Gasteiger partial charge < -0.3 is 4.74 Å². The van der Waals surface area contributed by atoms with Crippen LogP contribution in [0.4, 0.5) is 0 Å². The number of hydrogen-bond donors (Lipinski definition) is 0. The zero-order chi connectivity index (χ0) is 14.4. The molecule has 0 heterocycles. The van der Waals surface area contributed by atoms with Crippen LogP contribution in [0.3, 0.4) is 0 Å². The minimum atomic E-state index is 0.107. The van der Waals surface area contributed by atoms with E-state index < -0.39 is 0 Å². The molecular formula is C18H31BrO. The molecule has 3 aliphatic rings. The Morgan fingerprint density at radius 1 is 1.05 bits per heavy atom. The third-order valence-electron chi connectivity index (χ3n) is 7.09. The van der Waals surface area contributed by atoms with Gasteiger partial charge in [0.15, 0.2) is 0 Å². The van der Waals surface area contributed by atoms with Crippen LogP contribution in [0.15, 0.2) is 0 Å². The molecule has 2 bridgehead atoms.